The quantitative estimate of drug-likeness (QED) is 0.450. The maximum Gasteiger partial charge on any atom is 0.245 e. The molecule has 3 heterocycles. The summed E-state index contributed by atoms with van der Waals surface area (Å²) in [5.41, 5.74) is 5.21. The third kappa shape index (κ3) is 1.21. The Labute approximate surface area is 106 Å². The van der Waals surface area contributed by atoms with E-state index in [0.717, 1.165) is 6.67 Å². The summed E-state index contributed by atoms with van der Waals surface area (Å²) in [5.74, 6) is 0. The molecule has 88 valence electrons. The normalized spacial score (nSPS) is 12.5. The molecule has 3 heteroatoms. The van der Waals surface area contributed by atoms with Gasteiger partial charge in [-0.3, -0.25) is 0 Å². The zero-order valence-electron chi connectivity index (χ0n) is 10.2. The highest BCUT2D eigenvalue weighted by Crippen LogP contribution is 2.36. The maximum absolute atomic E-state index is 2.30. The number of imidazole rings is 1. The molecule has 3 nitrogen and oxygen atoms in total. The van der Waals surface area contributed by atoms with E-state index in [1.165, 1.54) is 22.5 Å². The Balaban J connectivity index is 1.96. The molecule has 0 N–H and O–H groups in total. The minimum atomic E-state index is 0.915. The van der Waals surface area contributed by atoms with Gasteiger partial charge in [0, 0.05) is 11.8 Å². The first-order valence-corrected chi connectivity index (χ1v) is 6.13. The first-order chi connectivity index (χ1) is 8.83. The summed E-state index contributed by atoms with van der Waals surface area (Å²) < 4.78 is 6.69. The van der Waals surface area contributed by atoms with E-state index in [4.69, 9.17) is 0 Å². The number of fused-ring (bicyclic) bond motifs is 3. The van der Waals surface area contributed by atoms with E-state index < -0.39 is 0 Å². The molecule has 1 aliphatic heterocycles. The largest absolute Gasteiger partial charge is 0.307 e. The summed E-state index contributed by atoms with van der Waals surface area (Å²) in [6.45, 7) is 0.915. The Kier molecular flexibility index (Phi) is 1.81. The van der Waals surface area contributed by atoms with Crippen LogP contribution in [0.15, 0.2) is 55.1 Å². The monoisotopic (exact) mass is 236 g/mol. The number of aryl methyl sites for hydroxylation is 1. The molecule has 1 aromatic carbocycles. The summed E-state index contributed by atoms with van der Waals surface area (Å²) in [4.78, 5) is 0. The van der Waals surface area contributed by atoms with Crippen molar-refractivity contribution in [3.05, 3.63) is 55.1 Å². The van der Waals surface area contributed by atoms with Crippen LogP contribution in [-0.2, 0) is 13.7 Å². The van der Waals surface area contributed by atoms with Crippen molar-refractivity contribution < 1.29 is 4.57 Å². The van der Waals surface area contributed by atoms with Crippen LogP contribution in [-0.4, -0.2) is 9.13 Å². The highest BCUT2D eigenvalue weighted by molar-refractivity contribution is 5.81. The fraction of sp³-hybridized carbons (Fsp3) is 0.133. The molecule has 0 unspecified atom stereocenters. The summed E-state index contributed by atoms with van der Waals surface area (Å²) >= 11 is 0. The molecule has 0 amide bonds. The molecule has 18 heavy (non-hydrogen) atoms. The number of benzene rings is 1. The molecule has 1 aliphatic rings. The van der Waals surface area contributed by atoms with Gasteiger partial charge in [0.15, 0.2) is 12.4 Å². The standard InChI is InChI=1S/C15H14N3/c1-16-9-14-15-13(12-5-3-2-4-6-12)7-8-17(15)11-18(14)10-16/h2-10H,11H2,1H3/q+1. The summed E-state index contributed by atoms with van der Waals surface area (Å²) in [6.07, 6.45) is 6.49. The average Bonchev–Trinajstić information content (AvgIpc) is 3.00. The van der Waals surface area contributed by atoms with Gasteiger partial charge >= 0.3 is 0 Å². The Bertz CT molecular complexity index is 720. The second-order valence-corrected chi connectivity index (χ2v) is 4.82. The lowest BCUT2D eigenvalue weighted by molar-refractivity contribution is -0.670. The highest BCUT2D eigenvalue weighted by Gasteiger charge is 2.27. The van der Waals surface area contributed by atoms with Crippen LogP contribution in [0.2, 0.25) is 0 Å². The van der Waals surface area contributed by atoms with Crippen LogP contribution in [0.3, 0.4) is 0 Å². The van der Waals surface area contributed by atoms with Gasteiger partial charge in [0.2, 0.25) is 6.33 Å². The third-order valence-corrected chi connectivity index (χ3v) is 3.55. The van der Waals surface area contributed by atoms with E-state index in [2.05, 4.69) is 75.9 Å². The van der Waals surface area contributed by atoms with Gasteiger partial charge in [-0.05, 0) is 11.6 Å². The van der Waals surface area contributed by atoms with E-state index in [1.54, 1.807) is 0 Å². The van der Waals surface area contributed by atoms with Crippen LogP contribution in [0.5, 0.6) is 0 Å². The van der Waals surface area contributed by atoms with Crippen LogP contribution >= 0.6 is 0 Å². The van der Waals surface area contributed by atoms with E-state index >= 15 is 0 Å². The molecule has 0 saturated heterocycles. The van der Waals surface area contributed by atoms with Crippen LogP contribution in [0.1, 0.15) is 0 Å². The van der Waals surface area contributed by atoms with Crippen molar-refractivity contribution in [2.45, 2.75) is 6.67 Å². The van der Waals surface area contributed by atoms with Crippen LogP contribution in [0.4, 0.5) is 0 Å². The van der Waals surface area contributed by atoms with Gasteiger partial charge in [0.1, 0.15) is 11.9 Å². The first kappa shape index (κ1) is 9.71. The number of aromatic nitrogens is 3. The Morgan fingerprint density at radius 1 is 1.06 bits per heavy atom. The zero-order chi connectivity index (χ0) is 12.1. The van der Waals surface area contributed by atoms with Crippen molar-refractivity contribution in [3.8, 4) is 22.5 Å². The maximum atomic E-state index is 2.30. The average molecular weight is 236 g/mol. The van der Waals surface area contributed by atoms with Gasteiger partial charge in [-0.2, -0.15) is 0 Å². The summed E-state index contributed by atoms with van der Waals surface area (Å²) in [7, 11) is 2.07. The summed E-state index contributed by atoms with van der Waals surface area (Å²) in [6, 6.07) is 12.8. The number of hydrogen-bond acceptors (Lipinski definition) is 0. The molecule has 0 fully saturated rings. The Morgan fingerprint density at radius 2 is 1.89 bits per heavy atom. The third-order valence-electron chi connectivity index (χ3n) is 3.55. The predicted molar refractivity (Wildman–Crippen MR) is 69.9 cm³/mol. The second kappa shape index (κ2) is 3.35. The fourth-order valence-electron chi connectivity index (χ4n) is 2.78. The van der Waals surface area contributed by atoms with Crippen LogP contribution in [0.25, 0.3) is 22.5 Å². The Hall–Kier alpha value is -2.29. The molecule has 0 saturated carbocycles. The van der Waals surface area contributed by atoms with Crippen LogP contribution in [0, 0.1) is 0 Å². The van der Waals surface area contributed by atoms with Crippen molar-refractivity contribution in [1.82, 2.24) is 9.13 Å². The lowest BCUT2D eigenvalue weighted by Gasteiger charge is -2.00. The smallest absolute Gasteiger partial charge is 0.245 e. The van der Waals surface area contributed by atoms with E-state index in [1.807, 2.05) is 0 Å². The molecule has 0 aliphatic carbocycles. The molecule has 2 aromatic heterocycles. The molecule has 4 rings (SSSR count). The predicted octanol–water partition coefficient (Wildman–Crippen LogP) is 2.27. The highest BCUT2D eigenvalue weighted by atomic mass is 15.3. The molecule has 0 radical (unpaired) electrons. The minimum absolute atomic E-state index is 0.915. The lowest BCUT2D eigenvalue weighted by Crippen LogP contribution is -2.24. The van der Waals surface area contributed by atoms with Gasteiger partial charge in [-0.15, -0.1) is 0 Å². The van der Waals surface area contributed by atoms with Gasteiger partial charge in [0.25, 0.3) is 0 Å². The Morgan fingerprint density at radius 3 is 2.72 bits per heavy atom. The molecule has 0 atom stereocenters. The first-order valence-electron chi connectivity index (χ1n) is 6.13. The van der Waals surface area contributed by atoms with Crippen molar-refractivity contribution in [1.29, 1.82) is 0 Å². The van der Waals surface area contributed by atoms with Crippen LogP contribution < -0.4 is 4.57 Å². The lowest BCUT2D eigenvalue weighted by atomic mass is 10.1. The summed E-state index contributed by atoms with van der Waals surface area (Å²) in [5, 5.41) is 0. The molecule has 3 aromatic rings. The van der Waals surface area contributed by atoms with E-state index in [9.17, 15) is 0 Å². The van der Waals surface area contributed by atoms with E-state index in [0.29, 0.717) is 0 Å². The zero-order valence-corrected chi connectivity index (χ0v) is 10.2. The number of nitrogens with zero attached hydrogens (tertiary/aromatic N) is 3. The SMILES string of the molecule is C[n+]1cc2n(c1)Cn1ccc(-c3ccccc3)c1-2. The molecule has 0 bridgehead atoms. The second-order valence-electron chi connectivity index (χ2n) is 4.82. The van der Waals surface area contributed by atoms with Gasteiger partial charge in [-0.1, -0.05) is 30.3 Å². The van der Waals surface area contributed by atoms with Crippen molar-refractivity contribution in [3.63, 3.8) is 0 Å². The number of rotatable bonds is 1. The number of hydrogen-bond donors (Lipinski definition) is 0. The molecular weight excluding hydrogens is 222 g/mol. The van der Waals surface area contributed by atoms with E-state index in [-0.39, 0.29) is 0 Å². The minimum Gasteiger partial charge on any atom is -0.307 e. The fourth-order valence-corrected chi connectivity index (χ4v) is 2.78. The van der Waals surface area contributed by atoms with Crippen molar-refractivity contribution in [2.75, 3.05) is 0 Å². The molecular formula is C15H14N3+. The van der Waals surface area contributed by atoms with Gasteiger partial charge in [0.05, 0.1) is 7.05 Å². The van der Waals surface area contributed by atoms with Gasteiger partial charge in [-0.25, -0.2) is 9.13 Å². The topological polar surface area (TPSA) is 13.7 Å². The van der Waals surface area contributed by atoms with Crippen molar-refractivity contribution in [2.24, 2.45) is 7.05 Å². The molecule has 0 spiro atoms. The van der Waals surface area contributed by atoms with Gasteiger partial charge < -0.3 is 4.57 Å². The van der Waals surface area contributed by atoms with Crippen molar-refractivity contribution >= 4 is 0 Å².